The first-order valence-electron chi connectivity index (χ1n) is 28.8. The maximum Gasteiger partial charge on any atom is 0.306 e. The standard InChI is InChI=1S/C30H51N3O10.C27H45N3O10/c1-30(2,3)43-29(37)5-4-7-33(11-16-42-27-21-25(23-34)31-26(22-27)24-35)28(36)6-12-38-17-19-41-20-18-40-15-10-32-8-13-39-14-9-32;1-35-27(34)3-2-5-30(9-14-40-25-19-23(21-31)28-24(20-25)22-32)26(33)4-10-36-15-17-39-18-16-38-13-8-29-6-11-37-12-7-29/h21-22,34-35H,4-20,23-24H2,1-3H3;19-20,31-32H,2-18,21-22H2,1H3. The molecule has 474 valence electrons. The van der Waals surface area contributed by atoms with Crippen molar-refractivity contribution in [2.24, 2.45) is 0 Å². The minimum absolute atomic E-state index is 0.120. The van der Waals surface area contributed by atoms with Gasteiger partial charge in [0.15, 0.2) is 0 Å². The third-order valence-electron chi connectivity index (χ3n) is 12.4. The molecule has 4 N–H and O–H groups in total. The molecule has 0 unspecified atom stereocenters. The number of aliphatic hydroxyl groups is 4. The summed E-state index contributed by atoms with van der Waals surface area (Å²) in [6.45, 7) is 20.0. The van der Waals surface area contributed by atoms with Crippen LogP contribution in [0.15, 0.2) is 24.3 Å². The van der Waals surface area contributed by atoms with Gasteiger partial charge in [-0.1, -0.05) is 0 Å². The minimum Gasteiger partial charge on any atom is -0.492 e. The molecule has 0 spiro atoms. The quantitative estimate of drug-likeness (QED) is 0.0535. The number of aromatic nitrogens is 2. The van der Waals surface area contributed by atoms with Gasteiger partial charge in [0.2, 0.25) is 11.8 Å². The van der Waals surface area contributed by atoms with E-state index < -0.39 is 5.60 Å². The van der Waals surface area contributed by atoms with Crippen LogP contribution in [-0.2, 0) is 93.0 Å². The van der Waals surface area contributed by atoms with E-state index in [9.17, 15) is 39.6 Å². The van der Waals surface area contributed by atoms with Crippen LogP contribution in [0.3, 0.4) is 0 Å². The normalized spacial score (nSPS) is 13.9. The van der Waals surface area contributed by atoms with Crippen molar-refractivity contribution in [1.29, 1.82) is 0 Å². The van der Waals surface area contributed by atoms with E-state index in [4.69, 9.17) is 52.1 Å². The summed E-state index contributed by atoms with van der Waals surface area (Å²) in [6, 6.07) is 6.33. The molecule has 0 aromatic carbocycles. The Labute approximate surface area is 489 Å². The largest absolute Gasteiger partial charge is 0.492 e. The molecule has 2 amide bonds. The second kappa shape index (κ2) is 45.6. The van der Waals surface area contributed by atoms with Crippen LogP contribution in [0.2, 0.25) is 0 Å². The van der Waals surface area contributed by atoms with E-state index in [1.807, 2.05) is 20.8 Å². The molecule has 26 nitrogen and oxygen atoms in total. The van der Waals surface area contributed by atoms with E-state index in [0.29, 0.717) is 133 Å². The van der Waals surface area contributed by atoms with E-state index in [2.05, 4.69) is 24.5 Å². The van der Waals surface area contributed by atoms with Gasteiger partial charge in [0.1, 0.15) is 30.3 Å². The molecule has 0 radical (unpaired) electrons. The molecule has 4 rings (SSSR count). The van der Waals surface area contributed by atoms with Gasteiger partial charge >= 0.3 is 11.9 Å². The maximum atomic E-state index is 13.0. The Morgan fingerprint density at radius 1 is 0.482 bits per heavy atom. The number of nitrogens with zero attached hydrogens (tertiary/aromatic N) is 6. The highest BCUT2D eigenvalue weighted by molar-refractivity contribution is 5.77. The van der Waals surface area contributed by atoms with Gasteiger partial charge in [-0.3, -0.25) is 38.9 Å². The van der Waals surface area contributed by atoms with Crippen molar-refractivity contribution < 1.29 is 96.4 Å². The Morgan fingerprint density at radius 2 is 0.819 bits per heavy atom. The van der Waals surface area contributed by atoms with Crippen LogP contribution >= 0.6 is 0 Å². The van der Waals surface area contributed by atoms with Gasteiger partial charge in [-0.25, -0.2) is 0 Å². The number of methoxy groups -OCH3 is 1. The average Bonchev–Trinajstić information content (AvgIpc) is 3.54. The molecular weight excluding hydrogens is 1090 g/mol. The fourth-order valence-corrected chi connectivity index (χ4v) is 8.08. The van der Waals surface area contributed by atoms with Crippen LogP contribution in [0.1, 0.15) is 82.1 Å². The lowest BCUT2D eigenvalue weighted by atomic mass is 10.2. The van der Waals surface area contributed by atoms with Crippen LogP contribution in [0.4, 0.5) is 0 Å². The van der Waals surface area contributed by atoms with Crippen LogP contribution in [-0.4, -0.2) is 271 Å². The lowest BCUT2D eigenvalue weighted by Crippen LogP contribution is -2.38. The number of hydrogen-bond acceptors (Lipinski definition) is 24. The molecule has 2 aromatic heterocycles. The van der Waals surface area contributed by atoms with Crippen molar-refractivity contribution in [3.63, 3.8) is 0 Å². The van der Waals surface area contributed by atoms with Crippen molar-refractivity contribution in [3.05, 3.63) is 47.0 Å². The van der Waals surface area contributed by atoms with Crippen LogP contribution in [0.25, 0.3) is 0 Å². The zero-order valence-corrected chi connectivity index (χ0v) is 49.7. The van der Waals surface area contributed by atoms with E-state index in [1.54, 1.807) is 34.1 Å². The number of pyridine rings is 2. The van der Waals surface area contributed by atoms with Crippen LogP contribution < -0.4 is 9.47 Å². The fourth-order valence-electron chi connectivity index (χ4n) is 8.08. The molecular formula is C57H96N6O20. The molecule has 0 aliphatic carbocycles. The number of hydrogen-bond donors (Lipinski definition) is 4. The number of esters is 2. The Kier molecular flexibility index (Phi) is 39.8. The number of carbonyl (C=O) groups excluding carboxylic acids is 4. The van der Waals surface area contributed by atoms with Crippen molar-refractivity contribution in [2.75, 3.05) is 191 Å². The Hall–Kier alpha value is -4.78. The van der Waals surface area contributed by atoms with Crippen LogP contribution in [0, 0.1) is 0 Å². The first-order chi connectivity index (χ1) is 40.2. The summed E-state index contributed by atoms with van der Waals surface area (Å²) in [5.41, 5.74) is 0.951. The van der Waals surface area contributed by atoms with Gasteiger partial charge in [0.05, 0.1) is 188 Å². The molecule has 4 heterocycles. The second-order valence-corrected chi connectivity index (χ2v) is 20.1. The molecule has 2 aliphatic rings. The number of morpholine rings is 2. The molecule has 26 heteroatoms. The summed E-state index contributed by atoms with van der Waals surface area (Å²) in [7, 11) is 1.33. The zero-order chi connectivity index (χ0) is 60.2. The third kappa shape index (κ3) is 36.0. The summed E-state index contributed by atoms with van der Waals surface area (Å²) in [5, 5.41) is 37.5. The number of amides is 2. The summed E-state index contributed by atoms with van der Waals surface area (Å²) < 4.78 is 65.7. The van der Waals surface area contributed by atoms with Gasteiger partial charge in [-0.05, 0) is 33.6 Å². The summed E-state index contributed by atoms with van der Waals surface area (Å²) in [5.74, 6) is -0.00812. The van der Waals surface area contributed by atoms with Gasteiger partial charge in [0.25, 0.3) is 0 Å². The summed E-state index contributed by atoms with van der Waals surface area (Å²) in [6.07, 6.45) is 1.66. The average molecular weight is 1190 g/mol. The van der Waals surface area contributed by atoms with Gasteiger partial charge < -0.3 is 87.1 Å². The highest BCUT2D eigenvalue weighted by atomic mass is 16.6. The molecule has 0 atom stereocenters. The second-order valence-electron chi connectivity index (χ2n) is 20.1. The molecule has 2 aromatic rings. The van der Waals surface area contributed by atoms with Crippen molar-refractivity contribution in [1.82, 2.24) is 29.6 Å². The van der Waals surface area contributed by atoms with Crippen LogP contribution in [0.5, 0.6) is 11.5 Å². The maximum absolute atomic E-state index is 13.0. The fraction of sp³-hybridized carbons (Fsp3) is 0.754. The first-order valence-corrected chi connectivity index (χ1v) is 28.8. The molecule has 2 fully saturated rings. The highest BCUT2D eigenvalue weighted by Gasteiger charge is 2.20. The summed E-state index contributed by atoms with van der Waals surface area (Å²) >= 11 is 0. The van der Waals surface area contributed by atoms with Crippen molar-refractivity contribution in [3.8, 4) is 11.5 Å². The molecule has 2 aliphatic heterocycles. The SMILES string of the molecule is CC(C)(C)OC(=O)CCCN(CCOc1cc(CO)nc(CO)c1)C(=O)CCOCCOCCOCCN1CCOCC1.COC(=O)CCCN(CCOc1cc(CO)nc(CO)c1)C(=O)CCOCCOCCOCCN1CCOCC1. The topological polar surface area (TPSA) is 299 Å². The zero-order valence-electron chi connectivity index (χ0n) is 49.7. The number of carbonyl (C=O) groups is 4. The van der Waals surface area contributed by atoms with Gasteiger partial charge in [-0.15, -0.1) is 0 Å². The number of rotatable bonds is 44. The predicted molar refractivity (Wildman–Crippen MR) is 301 cm³/mol. The first kappa shape index (κ1) is 72.5. The molecule has 83 heavy (non-hydrogen) atoms. The minimum atomic E-state index is -0.567. The lowest BCUT2D eigenvalue weighted by Gasteiger charge is -2.26. The van der Waals surface area contributed by atoms with Crippen molar-refractivity contribution in [2.45, 2.75) is 91.3 Å². The van der Waals surface area contributed by atoms with E-state index in [0.717, 1.165) is 65.7 Å². The van der Waals surface area contributed by atoms with E-state index in [-0.39, 0.29) is 109 Å². The number of aliphatic hydroxyl groups excluding tert-OH is 4. The third-order valence-corrected chi connectivity index (χ3v) is 12.4. The van der Waals surface area contributed by atoms with Gasteiger partial charge in [0, 0.05) is 89.5 Å². The Bertz CT molecular complexity index is 2000. The van der Waals surface area contributed by atoms with Crippen molar-refractivity contribution >= 4 is 23.8 Å². The lowest BCUT2D eigenvalue weighted by molar-refractivity contribution is -0.155. The smallest absolute Gasteiger partial charge is 0.306 e. The Balaban J connectivity index is 0.000000436. The molecule has 2 saturated heterocycles. The highest BCUT2D eigenvalue weighted by Crippen LogP contribution is 2.17. The van der Waals surface area contributed by atoms with Gasteiger partial charge in [-0.2, -0.15) is 0 Å². The molecule has 0 saturated carbocycles. The van der Waals surface area contributed by atoms with E-state index >= 15 is 0 Å². The monoisotopic (exact) mass is 1180 g/mol. The number of ether oxygens (including phenoxy) is 12. The molecule has 0 bridgehead atoms. The Morgan fingerprint density at radius 3 is 1.16 bits per heavy atom. The summed E-state index contributed by atoms with van der Waals surface area (Å²) in [4.78, 5) is 65.5. The van der Waals surface area contributed by atoms with E-state index in [1.165, 1.54) is 7.11 Å². The predicted octanol–water partition coefficient (Wildman–Crippen LogP) is 1.17.